The summed E-state index contributed by atoms with van der Waals surface area (Å²) in [4.78, 5) is 23.2. The molecule has 0 saturated heterocycles. The van der Waals surface area contributed by atoms with Gasteiger partial charge in [0.05, 0.1) is 26.0 Å². The zero-order valence-corrected chi connectivity index (χ0v) is 13.7. The van der Waals surface area contributed by atoms with Crippen LogP contribution < -0.4 is 14.8 Å². The minimum Gasteiger partial charge on any atom is -0.493 e. The molecule has 7 nitrogen and oxygen atoms in total. The molecule has 1 aromatic carbocycles. The fraction of sp³-hybridized carbons (Fsp3) is 0.294. The number of rotatable bonds is 7. The molecule has 0 aliphatic carbocycles. The van der Waals surface area contributed by atoms with Crippen molar-refractivity contribution in [3.63, 3.8) is 0 Å². The van der Waals surface area contributed by atoms with E-state index in [0.29, 0.717) is 17.1 Å². The van der Waals surface area contributed by atoms with Crippen LogP contribution in [0.25, 0.3) is 0 Å². The number of aryl methyl sites for hydroxylation is 1. The zero-order valence-electron chi connectivity index (χ0n) is 13.7. The van der Waals surface area contributed by atoms with E-state index in [2.05, 4.69) is 5.32 Å². The van der Waals surface area contributed by atoms with Crippen molar-refractivity contribution in [2.45, 2.75) is 19.9 Å². The maximum Gasteiger partial charge on any atom is 0.311 e. The zero-order chi connectivity index (χ0) is 17.7. The SMILES string of the molecule is COc1ccc(CNC(=O)c2c(C)coc2CC(=O)O)cc1OC. The topological polar surface area (TPSA) is 98.0 Å². The van der Waals surface area contributed by atoms with Crippen LogP contribution in [0.1, 0.15) is 27.2 Å². The van der Waals surface area contributed by atoms with Crippen molar-refractivity contribution in [3.8, 4) is 11.5 Å². The van der Waals surface area contributed by atoms with Gasteiger partial charge in [0, 0.05) is 12.1 Å². The van der Waals surface area contributed by atoms with E-state index < -0.39 is 5.97 Å². The van der Waals surface area contributed by atoms with E-state index in [0.717, 1.165) is 5.56 Å². The molecule has 1 aromatic heterocycles. The number of carboxylic acids is 1. The molecule has 0 unspecified atom stereocenters. The lowest BCUT2D eigenvalue weighted by atomic mass is 10.1. The van der Waals surface area contributed by atoms with E-state index in [1.54, 1.807) is 26.2 Å². The van der Waals surface area contributed by atoms with Gasteiger partial charge in [-0.15, -0.1) is 0 Å². The normalized spacial score (nSPS) is 10.3. The van der Waals surface area contributed by atoms with E-state index in [1.165, 1.54) is 13.4 Å². The molecule has 2 aromatic rings. The van der Waals surface area contributed by atoms with Crippen LogP contribution in [0.15, 0.2) is 28.9 Å². The lowest BCUT2D eigenvalue weighted by Crippen LogP contribution is -2.24. The smallest absolute Gasteiger partial charge is 0.311 e. The quantitative estimate of drug-likeness (QED) is 0.806. The highest BCUT2D eigenvalue weighted by Gasteiger charge is 2.20. The van der Waals surface area contributed by atoms with Gasteiger partial charge in [0.2, 0.25) is 0 Å². The molecule has 0 radical (unpaired) electrons. The highest BCUT2D eigenvalue weighted by molar-refractivity contribution is 5.97. The van der Waals surface area contributed by atoms with Crippen molar-refractivity contribution in [2.24, 2.45) is 0 Å². The Morgan fingerprint density at radius 2 is 1.92 bits per heavy atom. The molecule has 0 spiro atoms. The Labute approximate surface area is 139 Å². The van der Waals surface area contributed by atoms with Gasteiger partial charge in [0.1, 0.15) is 12.2 Å². The third-order valence-electron chi connectivity index (χ3n) is 3.49. The Balaban J connectivity index is 2.11. The van der Waals surface area contributed by atoms with Gasteiger partial charge < -0.3 is 24.3 Å². The number of methoxy groups -OCH3 is 2. The molecular formula is C17H19NO6. The van der Waals surface area contributed by atoms with Crippen LogP contribution in [0.5, 0.6) is 11.5 Å². The third-order valence-corrected chi connectivity index (χ3v) is 3.49. The number of benzene rings is 1. The summed E-state index contributed by atoms with van der Waals surface area (Å²) in [5, 5.41) is 11.6. The predicted molar refractivity (Wildman–Crippen MR) is 85.5 cm³/mol. The number of amides is 1. The number of ether oxygens (including phenoxy) is 2. The van der Waals surface area contributed by atoms with Gasteiger partial charge in [-0.3, -0.25) is 9.59 Å². The van der Waals surface area contributed by atoms with E-state index in [-0.39, 0.29) is 30.2 Å². The van der Waals surface area contributed by atoms with Crippen LogP contribution in [-0.2, 0) is 17.8 Å². The lowest BCUT2D eigenvalue weighted by Gasteiger charge is -2.10. The van der Waals surface area contributed by atoms with Gasteiger partial charge in [-0.1, -0.05) is 6.07 Å². The monoisotopic (exact) mass is 333 g/mol. The number of carbonyl (C=O) groups is 2. The average molecular weight is 333 g/mol. The molecule has 0 bridgehead atoms. The number of carbonyl (C=O) groups excluding carboxylic acids is 1. The maximum atomic E-state index is 12.4. The number of hydrogen-bond acceptors (Lipinski definition) is 5. The molecule has 1 heterocycles. The average Bonchev–Trinajstić information content (AvgIpc) is 2.92. The summed E-state index contributed by atoms with van der Waals surface area (Å²) in [6.45, 7) is 1.95. The number of hydrogen-bond donors (Lipinski definition) is 2. The van der Waals surface area contributed by atoms with E-state index in [1.807, 2.05) is 6.07 Å². The molecule has 2 rings (SSSR count). The largest absolute Gasteiger partial charge is 0.493 e. The molecule has 0 fully saturated rings. The maximum absolute atomic E-state index is 12.4. The first-order chi connectivity index (χ1) is 11.5. The molecule has 0 aliphatic rings. The number of nitrogens with one attached hydrogen (secondary N) is 1. The van der Waals surface area contributed by atoms with Crippen molar-refractivity contribution in [1.82, 2.24) is 5.32 Å². The van der Waals surface area contributed by atoms with Crippen LogP contribution >= 0.6 is 0 Å². The molecule has 0 aliphatic heterocycles. The first-order valence-electron chi connectivity index (χ1n) is 7.24. The van der Waals surface area contributed by atoms with Crippen LogP contribution in [0.2, 0.25) is 0 Å². The molecule has 1 amide bonds. The van der Waals surface area contributed by atoms with Gasteiger partial charge in [-0.05, 0) is 24.6 Å². The Morgan fingerprint density at radius 1 is 1.21 bits per heavy atom. The summed E-state index contributed by atoms with van der Waals surface area (Å²) in [6, 6.07) is 5.32. The van der Waals surface area contributed by atoms with Crippen molar-refractivity contribution in [3.05, 3.63) is 46.9 Å². The van der Waals surface area contributed by atoms with Crippen molar-refractivity contribution < 1.29 is 28.6 Å². The molecule has 24 heavy (non-hydrogen) atoms. The van der Waals surface area contributed by atoms with Crippen LogP contribution in [0, 0.1) is 6.92 Å². The van der Waals surface area contributed by atoms with Gasteiger partial charge in [0.15, 0.2) is 11.5 Å². The lowest BCUT2D eigenvalue weighted by molar-refractivity contribution is -0.136. The summed E-state index contributed by atoms with van der Waals surface area (Å²) in [5.74, 6) is -0.132. The molecule has 2 N–H and O–H groups in total. The summed E-state index contributed by atoms with van der Waals surface area (Å²) < 4.78 is 15.6. The van der Waals surface area contributed by atoms with Crippen molar-refractivity contribution >= 4 is 11.9 Å². The summed E-state index contributed by atoms with van der Waals surface area (Å²) in [7, 11) is 3.08. The Morgan fingerprint density at radius 3 is 2.54 bits per heavy atom. The van der Waals surface area contributed by atoms with Gasteiger partial charge >= 0.3 is 5.97 Å². The van der Waals surface area contributed by atoms with Crippen molar-refractivity contribution in [1.29, 1.82) is 0 Å². The summed E-state index contributed by atoms with van der Waals surface area (Å²) in [5.41, 5.74) is 1.68. The standard InChI is InChI=1S/C17H19NO6/c1-10-9-24-14(7-15(19)20)16(10)17(21)18-8-11-4-5-12(22-2)13(6-11)23-3/h4-6,9H,7-8H2,1-3H3,(H,18,21)(H,19,20). The molecule has 0 saturated carbocycles. The molecule has 0 atom stereocenters. The molecule has 7 heteroatoms. The number of carboxylic acid groups (broad SMARTS) is 1. The van der Waals surface area contributed by atoms with Gasteiger partial charge in [-0.2, -0.15) is 0 Å². The van der Waals surface area contributed by atoms with E-state index in [9.17, 15) is 9.59 Å². The highest BCUT2D eigenvalue weighted by Crippen LogP contribution is 2.27. The highest BCUT2D eigenvalue weighted by atomic mass is 16.5. The van der Waals surface area contributed by atoms with Gasteiger partial charge in [0.25, 0.3) is 5.91 Å². The van der Waals surface area contributed by atoms with Crippen molar-refractivity contribution in [2.75, 3.05) is 14.2 Å². The minimum atomic E-state index is -1.06. The second-order valence-electron chi connectivity index (χ2n) is 5.16. The fourth-order valence-corrected chi connectivity index (χ4v) is 2.33. The molecular weight excluding hydrogens is 314 g/mol. The van der Waals surface area contributed by atoms with Crippen LogP contribution in [0.4, 0.5) is 0 Å². The summed E-state index contributed by atoms with van der Waals surface area (Å²) in [6.07, 6.45) is 1.04. The van der Waals surface area contributed by atoms with E-state index in [4.69, 9.17) is 19.0 Å². The first-order valence-corrected chi connectivity index (χ1v) is 7.24. The predicted octanol–water partition coefficient (Wildman–Crippen LogP) is 2.16. The molecule has 128 valence electrons. The summed E-state index contributed by atoms with van der Waals surface area (Å²) >= 11 is 0. The van der Waals surface area contributed by atoms with E-state index >= 15 is 0 Å². The second-order valence-corrected chi connectivity index (χ2v) is 5.16. The number of aliphatic carboxylic acids is 1. The third kappa shape index (κ3) is 3.87. The van der Waals surface area contributed by atoms with Crippen LogP contribution in [0.3, 0.4) is 0 Å². The Kier molecular flexibility index (Phi) is 5.47. The van der Waals surface area contributed by atoms with Crippen LogP contribution in [-0.4, -0.2) is 31.2 Å². The first kappa shape index (κ1) is 17.4. The minimum absolute atomic E-state index is 0.143. The fourth-order valence-electron chi connectivity index (χ4n) is 2.33. The Bertz CT molecular complexity index is 750. The second kappa shape index (κ2) is 7.54. The Hall–Kier alpha value is -2.96. The van der Waals surface area contributed by atoms with Gasteiger partial charge in [-0.25, -0.2) is 0 Å². The number of furan rings is 1.